The van der Waals surface area contributed by atoms with Crippen molar-refractivity contribution in [3.8, 4) is 6.07 Å². The number of carbonyl (C=O) groups excluding carboxylic acids is 2. The summed E-state index contributed by atoms with van der Waals surface area (Å²) in [6.45, 7) is 4.39. The van der Waals surface area contributed by atoms with Gasteiger partial charge in [0.25, 0.3) is 5.78 Å². The number of thioether (sulfide) groups is 1. The molecule has 0 amide bonds. The Morgan fingerprint density at radius 2 is 2.08 bits per heavy atom. The molecule has 1 atom stereocenters. The predicted octanol–water partition coefficient (Wildman–Crippen LogP) is 1.30. The fourth-order valence-electron chi connectivity index (χ4n) is 2.37. The molecule has 1 N–H and O–H groups in total. The molecule has 0 bridgehead atoms. The van der Waals surface area contributed by atoms with Crippen molar-refractivity contribution in [3.63, 3.8) is 0 Å². The van der Waals surface area contributed by atoms with Gasteiger partial charge < -0.3 is 10.1 Å². The molecule has 26 heavy (non-hydrogen) atoms. The highest BCUT2D eigenvalue weighted by molar-refractivity contribution is 7.98. The molecule has 0 unspecified atom stereocenters. The Balaban J connectivity index is 2.13. The van der Waals surface area contributed by atoms with Crippen molar-refractivity contribution in [1.82, 2.24) is 19.6 Å². The van der Waals surface area contributed by atoms with Gasteiger partial charge in [0.1, 0.15) is 5.92 Å². The second-order valence-electron chi connectivity index (χ2n) is 5.62. The van der Waals surface area contributed by atoms with Crippen molar-refractivity contribution < 1.29 is 14.3 Å². The number of rotatable bonds is 7. The van der Waals surface area contributed by atoms with Crippen LogP contribution in [0.15, 0.2) is 5.16 Å². The van der Waals surface area contributed by atoms with Crippen LogP contribution in [0.3, 0.4) is 0 Å². The number of Topliss-reactive ketones (excluding diaryl/α,β-unsaturated/α-hetero) is 1. The van der Waals surface area contributed by atoms with Gasteiger partial charge in [-0.1, -0.05) is 11.8 Å². The van der Waals surface area contributed by atoms with Crippen LogP contribution in [0.2, 0.25) is 0 Å². The van der Waals surface area contributed by atoms with Gasteiger partial charge in [0.2, 0.25) is 5.16 Å². The molecule has 0 aliphatic carbocycles. The van der Waals surface area contributed by atoms with Crippen LogP contribution in [-0.4, -0.2) is 49.9 Å². The molecule has 0 aliphatic rings. The maximum absolute atomic E-state index is 12.1. The summed E-state index contributed by atoms with van der Waals surface area (Å²) in [5, 5.41) is 21.2. The summed E-state index contributed by atoms with van der Waals surface area (Å²) in [4.78, 5) is 32.6. The van der Waals surface area contributed by atoms with E-state index in [0.717, 1.165) is 0 Å². The molecule has 0 saturated heterocycles. The van der Waals surface area contributed by atoms with Crippen molar-refractivity contribution in [2.75, 3.05) is 12.9 Å². The van der Waals surface area contributed by atoms with Crippen LogP contribution in [0.5, 0.6) is 0 Å². The summed E-state index contributed by atoms with van der Waals surface area (Å²) in [6, 6.07) is 1.72. The number of hydrogen-bond donors (Lipinski definition) is 1. The number of aryl methyl sites for hydroxylation is 2. The normalized spacial score (nSPS) is 11.8. The van der Waals surface area contributed by atoms with E-state index in [2.05, 4.69) is 15.1 Å². The highest BCUT2D eigenvalue weighted by Crippen LogP contribution is 2.17. The van der Waals surface area contributed by atoms with Crippen molar-refractivity contribution in [2.45, 2.75) is 32.3 Å². The van der Waals surface area contributed by atoms with Gasteiger partial charge in [0.15, 0.2) is 12.4 Å². The Morgan fingerprint density at radius 1 is 1.38 bits per heavy atom. The number of ether oxygens (including phenoxy) is 1. The van der Waals surface area contributed by atoms with Gasteiger partial charge in [-0.3, -0.25) is 9.59 Å². The van der Waals surface area contributed by atoms with Crippen LogP contribution in [0, 0.1) is 36.5 Å². The summed E-state index contributed by atoms with van der Waals surface area (Å²) >= 11 is 1.39. The average molecular weight is 374 g/mol. The van der Waals surface area contributed by atoms with Gasteiger partial charge in [0.05, 0.1) is 12.5 Å². The number of nitrogens with one attached hydrogen (secondary N) is 1. The third kappa shape index (κ3) is 4.05. The fourth-order valence-corrected chi connectivity index (χ4v) is 2.71. The first-order chi connectivity index (χ1) is 12.3. The van der Waals surface area contributed by atoms with Gasteiger partial charge in [-0.25, -0.2) is 9.50 Å². The molecule has 0 spiro atoms. The second-order valence-corrected chi connectivity index (χ2v) is 6.39. The van der Waals surface area contributed by atoms with Gasteiger partial charge in [0, 0.05) is 22.7 Å². The summed E-state index contributed by atoms with van der Waals surface area (Å²) < 4.78 is 6.54. The van der Waals surface area contributed by atoms with Crippen LogP contribution in [0.1, 0.15) is 23.9 Å². The monoisotopic (exact) mass is 374 g/mol. The molecule has 0 radical (unpaired) electrons. The van der Waals surface area contributed by atoms with Crippen molar-refractivity contribution >= 4 is 35.0 Å². The minimum Gasteiger partial charge on any atom is -0.457 e. The minimum absolute atomic E-state index is 0.0781. The van der Waals surface area contributed by atoms with E-state index in [-0.39, 0.29) is 12.1 Å². The summed E-state index contributed by atoms with van der Waals surface area (Å²) in [5.74, 6) is -1.97. The molecule has 0 fully saturated rings. The molecule has 2 rings (SSSR count). The Labute approximate surface area is 154 Å². The maximum Gasteiger partial charge on any atom is 0.310 e. The number of aromatic nitrogens is 4. The van der Waals surface area contributed by atoms with Crippen molar-refractivity contribution in [1.29, 1.82) is 10.7 Å². The van der Waals surface area contributed by atoms with Crippen LogP contribution >= 0.6 is 11.8 Å². The number of ketones is 1. The minimum atomic E-state index is -1.19. The molecule has 0 aromatic carbocycles. The lowest BCUT2D eigenvalue weighted by atomic mass is 10.0. The zero-order chi connectivity index (χ0) is 19.4. The van der Waals surface area contributed by atoms with Gasteiger partial charge in [-0.05, 0) is 27.0 Å². The third-order valence-electron chi connectivity index (χ3n) is 3.79. The summed E-state index contributed by atoms with van der Waals surface area (Å²) in [5.41, 5.74) is 1.91. The van der Waals surface area contributed by atoms with Crippen molar-refractivity contribution in [3.05, 3.63) is 17.0 Å². The maximum atomic E-state index is 12.1. The van der Waals surface area contributed by atoms with E-state index in [9.17, 15) is 9.59 Å². The van der Waals surface area contributed by atoms with Crippen LogP contribution in [0.25, 0.3) is 5.78 Å². The number of carbonyl (C=O) groups is 2. The lowest BCUT2D eigenvalue weighted by Gasteiger charge is -2.11. The van der Waals surface area contributed by atoms with Gasteiger partial charge in [-0.2, -0.15) is 10.2 Å². The highest BCUT2D eigenvalue weighted by atomic mass is 32.2. The molecule has 10 heteroatoms. The standard InChI is InChI=1S/C16H18N6O3S/c1-8(18)12(6-17)13(23)7-25-14(24)5-11-9(2)19-15-20-16(26-4)21-22(15)10(11)3/h12,18H,5,7H2,1-4H3/t12-/m0/s1. The number of hydrogen-bond acceptors (Lipinski definition) is 9. The first-order valence-electron chi connectivity index (χ1n) is 7.68. The third-order valence-corrected chi connectivity index (χ3v) is 4.33. The lowest BCUT2D eigenvalue weighted by molar-refractivity contribution is -0.147. The molecule has 2 aromatic rings. The van der Waals surface area contributed by atoms with Crippen LogP contribution in [-0.2, 0) is 20.7 Å². The molecule has 0 aliphatic heterocycles. The van der Waals surface area contributed by atoms with Crippen LogP contribution < -0.4 is 0 Å². The summed E-state index contributed by atoms with van der Waals surface area (Å²) in [6.07, 6.45) is 1.78. The first-order valence-corrected chi connectivity index (χ1v) is 8.90. The molecule has 2 heterocycles. The Hall–Kier alpha value is -2.80. The van der Waals surface area contributed by atoms with Gasteiger partial charge >= 0.3 is 5.97 Å². The molecular weight excluding hydrogens is 356 g/mol. The number of nitrogens with zero attached hydrogens (tertiary/aromatic N) is 5. The molecule has 136 valence electrons. The van der Waals surface area contributed by atoms with Crippen molar-refractivity contribution in [2.24, 2.45) is 5.92 Å². The van der Waals surface area contributed by atoms with Crippen LogP contribution in [0.4, 0.5) is 0 Å². The zero-order valence-electron chi connectivity index (χ0n) is 14.9. The SMILES string of the molecule is CSc1nc2nc(C)c(CC(=O)OCC(=O)[C@@H](C#N)C(C)=N)c(C)n2n1. The predicted molar refractivity (Wildman–Crippen MR) is 94.2 cm³/mol. The Morgan fingerprint density at radius 3 is 2.65 bits per heavy atom. The van der Waals surface area contributed by atoms with E-state index in [1.807, 2.05) is 6.26 Å². The quantitative estimate of drug-likeness (QED) is 0.435. The van der Waals surface area contributed by atoms with E-state index in [1.54, 1.807) is 24.4 Å². The smallest absolute Gasteiger partial charge is 0.310 e. The molecule has 9 nitrogen and oxygen atoms in total. The van der Waals surface area contributed by atoms with E-state index in [1.165, 1.54) is 18.7 Å². The van der Waals surface area contributed by atoms with E-state index < -0.39 is 24.3 Å². The Bertz CT molecular complexity index is 930. The summed E-state index contributed by atoms with van der Waals surface area (Å²) in [7, 11) is 0. The second kappa shape index (κ2) is 8.05. The molecule has 2 aromatic heterocycles. The number of nitriles is 1. The number of esters is 1. The fraction of sp³-hybridized carbons (Fsp3) is 0.438. The molecular formula is C16H18N6O3S. The van der Waals surface area contributed by atoms with E-state index in [0.29, 0.717) is 27.9 Å². The highest BCUT2D eigenvalue weighted by Gasteiger charge is 2.22. The van der Waals surface area contributed by atoms with E-state index >= 15 is 0 Å². The topological polar surface area (TPSA) is 134 Å². The average Bonchev–Trinajstić information content (AvgIpc) is 3.00. The lowest BCUT2D eigenvalue weighted by Crippen LogP contribution is -2.26. The first kappa shape index (κ1) is 19.5. The van der Waals surface area contributed by atoms with Gasteiger partial charge in [-0.15, -0.1) is 5.10 Å². The zero-order valence-corrected chi connectivity index (χ0v) is 15.7. The Kier molecular flexibility index (Phi) is 6.05. The molecule has 0 saturated carbocycles. The van der Waals surface area contributed by atoms with E-state index in [4.69, 9.17) is 15.4 Å². The largest absolute Gasteiger partial charge is 0.457 e. The number of fused-ring (bicyclic) bond motifs is 1.